The Bertz CT molecular complexity index is 722. The predicted octanol–water partition coefficient (Wildman–Crippen LogP) is 0.729. The Labute approximate surface area is 139 Å². The van der Waals surface area contributed by atoms with Crippen LogP contribution >= 0.6 is 0 Å². The van der Waals surface area contributed by atoms with Gasteiger partial charge in [-0.15, -0.1) is 0 Å². The molecule has 0 saturated carbocycles. The molecule has 1 saturated heterocycles. The van der Waals surface area contributed by atoms with Crippen molar-refractivity contribution < 1.29 is 9.53 Å². The zero-order valence-electron chi connectivity index (χ0n) is 13.3. The summed E-state index contributed by atoms with van der Waals surface area (Å²) in [5.41, 5.74) is 2.19. The van der Waals surface area contributed by atoms with Crippen LogP contribution in [0.4, 0.5) is 5.69 Å². The van der Waals surface area contributed by atoms with Crippen LogP contribution in [0.25, 0.3) is 0 Å². The number of nitriles is 1. The molecule has 0 bridgehead atoms. The molecule has 0 unspecified atom stereocenters. The third kappa shape index (κ3) is 3.36. The van der Waals surface area contributed by atoms with Gasteiger partial charge in [-0.1, -0.05) is 0 Å². The molecular formula is C16H18N6O2. The van der Waals surface area contributed by atoms with E-state index in [1.807, 2.05) is 0 Å². The summed E-state index contributed by atoms with van der Waals surface area (Å²) in [5, 5.41) is 22.4. The van der Waals surface area contributed by atoms with Crippen molar-refractivity contribution in [2.75, 3.05) is 32.1 Å². The van der Waals surface area contributed by atoms with Crippen molar-refractivity contribution in [3.05, 3.63) is 41.7 Å². The average Bonchev–Trinajstić information content (AvgIpc) is 3.28. The van der Waals surface area contributed by atoms with Crippen molar-refractivity contribution in [2.24, 2.45) is 0 Å². The maximum atomic E-state index is 12.4. The van der Waals surface area contributed by atoms with Crippen molar-refractivity contribution in [3.8, 4) is 6.07 Å². The second-order valence-corrected chi connectivity index (χ2v) is 5.62. The van der Waals surface area contributed by atoms with E-state index in [0.29, 0.717) is 18.7 Å². The molecule has 124 valence electrons. The first-order chi connectivity index (χ1) is 11.7. The Hall–Kier alpha value is -2.92. The first-order valence-corrected chi connectivity index (χ1v) is 7.61. The van der Waals surface area contributed by atoms with Crippen molar-refractivity contribution in [1.82, 2.24) is 20.3 Å². The number of nitrogens with one attached hydrogen (secondary N) is 2. The van der Waals surface area contributed by atoms with E-state index < -0.39 is 0 Å². The number of carbonyl (C=O) groups is 1. The van der Waals surface area contributed by atoms with Gasteiger partial charge in [-0.2, -0.15) is 20.7 Å². The zero-order chi connectivity index (χ0) is 16.9. The Morgan fingerprint density at radius 3 is 2.88 bits per heavy atom. The molecule has 1 aromatic heterocycles. The zero-order valence-corrected chi connectivity index (χ0v) is 13.3. The predicted molar refractivity (Wildman–Crippen MR) is 86.1 cm³/mol. The lowest BCUT2D eigenvalue weighted by Gasteiger charge is -2.16. The van der Waals surface area contributed by atoms with E-state index in [1.54, 1.807) is 42.5 Å². The number of likely N-dealkylation sites (tertiary alicyclic amines) is 1. The van der Waals surface area contributed by atoms with Crippen molar-refractivity contribution in [3.63, 3.8) is 0 Å². The minimum Gasteiger partial charge on any atom is -0.379 e. The highest BCUT2D eigenvalue weighted by atomic mass is 16.5. The Morgan fingerprint density at radius 2 is 2.25 bits per heavy atom. The van der Waals surface area contributed by atoms with Crippen LogP contribution in [0.3, 0.4) is 0 Å². The van der Waals surface area contributed by atoms with Crippen LogP contribution in [0.5, 0.6) is 0 Å². The lowest BCUT2D eigenvalue weighted by molar-refractivity contribution is -0.128. The number of anilines is 1. The van der Waals surface area contributed by atoms with Crippen LogP contribution in [0, 0.1) is 11.3 Å². The highest BCUT2D eigenvalue weighted by Crippen LogP contribution is 2.27. The fraction of sp³-hybridized carbons (Fsp3) is 0.375. The number of aromatic nitrogens is 3. The molecule has 24 heavy (non-hydrogen) atoms. The topological polar surface area (TPSA) is 107 Å². The minimum absolute atomic E-state index is 0.00703. The maximum absolute atomic E-state index is 12.4. The molecule has 0 aliphatic carbocycles. The highest BCUT2D eigenvalue weighted by Gasteiger charge is 2.37. The maximum Gasteiger partial charge on any atom is 0.241 e. The number of H-pyrrole nitrogens is 1. The second-order valence-electron chi connectivity index (χ2n) is 5.62. The van der Waals surface area contributed by atoms with Gasteiger partial charge in [0.15, 0.2) is 0 Å². The van der Waals surface area contributed by atoms with Crippen LogP contribution in [-0.4, -0.2) is 59.1 Å². The number of benzene rings is 1. The van der Waals surface area contributed by atoms with Gasteiger partial charge in [0.05, 0.1) is 42.1 Å². The van der Waals surface area contributed by atoms with Gasteiger partial charge in [0.25, 0.3) is 0 Å². The van der Waals surface area contributed by atoms with Crippen molar-refractivity contribution in [1.29, 1.82) is 5.26 Å². The lowest BCUT2D eigenvalue weighted by atomic mass is 10.0. The van der Waals surface area contributed by atoms with E-state index >= 15 is 0 Å². The fourth-order valence-corrected chi connectivity index (χ4v) is 2.84. The lowest BCUT2D eigenvalue weighted by Crippen LogP contribution is -2.34. The first-order valence-electron chi connectivity index (χ1n) is 7.61. The van der Waals surface area contributed by atoms with Crippen LogP contribution in [0.2, 0.25) is 0 Å². The monoisotopic (exact) mass is 326 g/mol. The van der Waals surface area contributed by atoms with Gasteiger partial charge in [0.2, 0.25) is 5.91 Å². The summed E-state index contributed by atoms with van der Waals surface area (Å²) in [6, 6.07) is 9.06. The van der Waals surface area contributed by atoms with Gasteiger partial charge in [0, 0.05) is 25.9 Å². The molecular weight excluding hydrogens is 308 g/mol. The van der Waals surface area contributed by atoms with Gasteiger partial charge >= 0.3 is 0 Å². The molecule has 1 aliphatic rings. The summed E-state index contributed by atoms with van der Waals surface area (Å²) in [6.07, 6.45) is 1.58. The largest absolute Gasteiger partial charge is 0.379 e. The van der Waals surface area contributed by atoms with E-state index in [2.05, 4.69) is 26.8 Å². The average molecular weight is 326 g/mol. The molecule has 2 atom stereocenters. The third-order valence-corrected chi connectivity index (χ3v) is 4.19. The number of hydrogen-bond donors (Lipinski definition) is 2. The molecule has 8 nitrogen and oxygen atoms in total. The standard InChI is InChI=1S/C16H18N6O2/c1-24-15-10-22(9-13(15)14-7-19-21-20-14)16(23)8-18-12-4-2-11(6-17)3-5-12/h2-5,7,13,15,18H,8-10H2,1H3,(H,19,20,21)/t13-,15+/m0/s1. The minimum atomic E-state index is -0.0889. The van der Waals surface area contributed by atoms with Gasteiger partial charge in [-0.25, -0.2) is 0 Å². The molecule has 1 fully saturated rings. The molecule has 1 amide bonds. The Balaban J connectivity index is 1.58. The summed E-state index contributed by atoms with van der Waals surface area (Å²) in [7, 11) is 1.64. The number of nitrogens with zero attached hydrogens (tertiary/aromatic N) is 4. The van der Waals surface area contributed by atoms with Gasteiger partial charge in [-0.3, -0.25) is 4.79 Å². The molecule has 2 heterocycles. The van der Waals surface area contributed by atoms with E-state index in [0.717, 1.165) is 11.4 Å². The number of aromatic amines is 1. The van der Waals surface area contributed by atoms with E-state index in [-0.39, 0.29) is 24.5 Å². The third-order valence-electron chi connectivity index (χ3n) is 4.19. The summed E-state index contributed by atoms with van der Waals surface area (Å²) < 4.78 is 5.49. The molecule has 3 rings (SSSR count). The molecule has 0 radical (unpaired) electrons. The summed E-state index contributed by atoms with van der Waals surface area (Å²) in [6.45, 7) is 1.27. The normalized spacial score (nSPS) is 19.9. The Morgan fingerprint density at radius 1 is 1.46 bits per heavy atom. The van der Waals surface area contributed by atoms with Gasteiger partial charge < -0.3 is 15.0 Å². The summed E-state index contributed by atoms with van der Waals surface area (Å²) in [4.78, 5) is 14.2. The van der Waals surface area contributed by atoms with Crippen LogP contribution in [0.15, 0.2) is 30.5 Å². The van der Waals surface area contributed by atoms with Crippen LogP contribution < -0.4 is 5.32 Å². The van der Waals surface area contributed by atoms with Crippen LogP contribution in [0.1, 0.15) is 17.2 Å². The number of ether oxygens (including phenoxy) is 1. The molecule has 2 N–H and O–H groups in total. The van der Waals surface area contributed by atoms with E-state index in [9.17, 15) is 4.79 Å². The molecule has 1 aromatic carbocycles. The highest BCUT2D eigenvalue weighted by molar-refractivity contribution is 5.81. The van der Waals surface area contributed by atoms with Crippen molar-refractivity contribution >= 4 is 11.6 Å². The van der Waals surface area contributed by atoms with E-state index in [1.165, 1.54) is 0 Å². The second kappa shape index (κ2) is 7.10. The number of methoxy groups -OCH3 is 1. The van der Waals surface area contributed by atoms with Gasteiger partial charge in [0.1, 0.15) is 0 Å². The van der Waals surface area contributed by atoms with Crippen LogP contribution in [-0.2, 0) is 9.53 Å². The SMILES string of the molecule is CO[C@@H]1CN(C(=O)CNc2ccc(C#N)cc2)C[C@H]1c1cn[nH]n1. The van der Waals surface area contributed by atoms with Crippen molar-refractivity contribution in [2.45, 2.75) is 12.0 Å². The fourth-order valence-electron chi connectivity index (χ4n) is 2.84. The summed E-state index contributed by atoms with van der Waals surface area (Å²) >= 11 is 0. The number of hydrogen-bond acceptors (Lipinski definition) is 6. The quantitative estimate of drug-likeness (QED) is 0.839. The number of rotatable bonds is 5. The Kier molecular flexibility index (Phi) is 4.72. The first kappa shape index (κ1) is 16.0. The van der Waals surface area contributed by atoms with E-state index in [4.69, 9.17) is 10.00 Å². The smallest absolute Gasteiger partial charge is 0.241 e. The number of carbonyl (C=O) groups excluding carboxylic acids is 1. The number of amides is 1. The molecule has 2 aromatic rings. The molecule has 8 heteroatoms. The summed E-state index contributed by atoms with van der Waals surface area (Å²) in [5.74, 6) is 0.0139. The molecule has 0 spiro atoms. The van der Waals surface area contributed by atoms with Gasteiger partial charge in [-0.05, 0) is 24.3 Å². The molecule has 1 aliphatic heterocycles.